The van der Waals surface area contributed by atoms with Gasteiger partial charge in [-0.05, 0) is 24.3 Å². The zero-order valence-electron chi connectivity index (χ0n) is 7.53. The first kappa shape index (κ1) is 9.09. The van der Waals surface area contributed by atoms with Crippen LogP contribution in [0.25, 0.3) is 11.3 Å². The van der Waals surface area contributed by atoms with Gasteiger partial charge in [0.05, 0.1) is 13.3 Å². The van der Waals surface area contributed by atoms with Gasteiger partial charge in [-0.1, -0.05) is 11.6 Å². The molecule has 0 amide bonds. The summed E-state index contributed by atoms with van der Waals surface area (Å²) >= 11 is 5.76. The van der Waals surface area contributed by atoms with Crippen LogP contribution >= 0.6 is 11.6 Å². The van der Waals surface area contributed by atoms with Crippen LogP contribution in [-0.4, -0.2) is 12.1 Å². The van der Waals surface area contributed by atoms with Crippen molar-refractivity contribution in [3.63, 3.8) is 0 Å². The normalized spacial score (nSPS) is 10.1. The minimum absolute atomic E-state index is 0.259. The van der Waals surface area contributed by atoms with Crippen LogP contribution in [0, 0.1) is 0 Å². The molecule has 0 saturated carbocycles. The lowest BCUT2D eigenvalue weighted by Crippen LogP contribution is -1.78. The van der Waals surface area contributed by atoms with E-state index in [0.717, 1.165) is 5.56 Å². The van der Waals surface area contributed by atoms with Crippen LogP contribution in [0.2, 0.25) is 5.02 Å². The van der Waals surface area contributed by atoms with Crippen LogP contribution in [0.1, 0.15) is 0 Å². The van der Waals surface area contributed by atoms with E-state index in [2.05, 4.69) is 4.98 Å². The predicted molar refractivity (Wildman–Crippen MR) is 53.5 cm³/mol. The highest BCUT2D eigenvalue weighted by molar-refractivity contribution is 6.30. The van der Waals surface area contributed by atoms with E-state index < -0.39 is 0 Å². The molecule has 1 aromatic carbocycles. The first-order valence-electron chi connectivity index (χ1n) is 4.05. The lowest BCUT2D eigenvalue weighted by atomic mass is 10.2. The monoisotopic (exact) mass is 209 g/mol. The molecule has 0 radical (unpaired) electrons. The van der Waals surface area contributed by atoms with Gasteiger partial charge in [-0.15, -0.1) is 0 Å². The Hall–Kier alpha value is -1.48. The van der Waals surface area contributed by atoms with Crippen LogP contribution in [0.5, 0.6) is 6.08 Å². The van der Waals surface area contributed by atoms with Crippen LogP contribution in [0.3, 0.4) is 0 Å². The third-order valence-electron chi connectivity index (χ3n) is 1.79. The smallest absolute Gasteiger partial charge is 0.393 e. The fraction of sp³-hybridized carbons (Fsp3) is 0.100. The molecular formula is C10H8ClNO2. The number of nitrogens with zero attached hydrogens (tertiary/aromatic N) is 1. The molecule has 4 heteroatoms. The maximum Gasteiger partial charge on any atom is 0.393 e. The van der Waals surface area contributed by atoms with Gasteiger partial charge in [0.1, 0.15) is 0 Å². The molecule has 0 aliphatic heterocycles. The fourth-order valence-corrected chi connectivity index (χ4v) is 1.23. The maximum absolute atomic E-state index is 5.76. The summed E-state index contributed by atoms with van der Waals surface area (Å²) in [4.78, 5) is 3.91. The van der Waals surface area contributed by atoms with E-state index >= 15 is 0 Å². The second-order valence-electron chi connectivity index (χ2n) is 2.70. The number of oxazole rings is 1. The number of hydrogen-bond acceptors (Lipinski definition) is 3. The molecular weight excluding hydrogens is 202 g/mol. The van der Waals surface area contributed by atoms with Crippen molar-refractivity contribution in [3.8, 4) is 17.4 Å². The summed E-state index contributed by atoms with van der Waals surface area (Å²) in [6, 6.07) is 7.32. The SMILES string of the molecule is COc1ncc(-c2ccc(Cl)cc2)o1. The van der Waals surface area contributed by atoms with Crippen molar-refractivity contribution >= 4 is 11.6 Å². The van der Waals surface area contributed by atoms with Gasteiger partial charge in [-0.2, -0.15) is 4.98 Å². The first-order valence-corrected chi connectivity index (χ1v) is 4.43. The van der Waals surface area contributed by atoms with E-state index in [0.29, 0.717) is 10.8 Å². The van der Waals surface area contributed by atoms with Gasteiger partial charge >= 0.3 is 6.08 Å². The quantitative estimate of drug-likeness (QED) is 0.763. The number of benzene rings is 1. The van der Waals surface area contributed by atoms with Gasteiger partial charge in [-0.25, -0.2) is 0 Å². The minimum Gasteiger partial charge on any atom is -0.454 e. The number of aromatic nitrogens is 1. The molecule has 0 saturated heterocycles. The lowest BCUT2D eigenvalue weighted by Gasteiger charge is -1.95. The van der Waals surface area contributed by atoms with Crippen molar-refractivity contribution in [3.05, 3.63) is 35.5 Å². The van der Waals surface area contributed by atoms with Crippen LogP contribution in [-0.2, 0) is 0 Å². The Balaban J connectivity index is 2.34. The summed E-state index contributed by atoms with van der Waals surface area (Å²) in [5, 5.41) is 0.695. The van der Waals surface area contributed by atoms with E-state index in [1.54, 1.807) is 18.3 Å². The van der Waals surface area contributed by atoms with Crippen LogP contribution < -0.4 is 4.74 Å². The third-order valence-corrected chi connectivity index (χ3v) is 2.04. The van der Waals surface area contributed by atoms with Crippen LogP contribution in [0.4, 0.5) is 0 Å². The zero-order valence-corrected chi connectivity index (χ0v) is 8.28. The number of methoxy groups -OCH3 is 1. The first-order chi connectivity index (χ1) is 6.79. The van der Waals surface area contributed by atoms with Crippen molar-refractivity contribution in [2.24, 2.45) is 0 Å². The lowest BCUT2D eigenvalue weighted by molar-refractivity contribution is 0.293. The van der Waals surface area contributed by atoms with Crippen molar-refractivity contribution in [2.45, 2.75) is 0 Å². The Morgan fingerprint density at radius 3 is 2.57 bits per heavy atom. The Morgan fingerprint density at radius 2 is 2.00 bits per heavy atom. The molecule has 3 nitrogen and oxygen atoms in total. The van der Waals surface area contributed by atoms with Gasteiger partial charge in [0.15, 0.2) is 5.76 Å². The van der Waals surface area contributed by atoms with Gasteiger partial charge in [0.2, 0.25) is 0 Å². The molecule has 0 atom stereocenters. The Labute approximate surface area is 86.3 Å². The molecule has 72 valence electrons. The summed E-state index contributed by atoms with van der Waals surface area (Å²) in [5.74, 6) is 0.665. The Morgan fingerprint density at radius 1 is 1.29 bits per heavy atom. The minimum atomic E-state index is 0.259. The van der Waals surface area contributed by atoms with E-state index in [1.807, 2.05) is 12.1 Å². The standard InChI is InChI=1S/C10H8ClNO2/c1-13-10-12-6-9(14-10)7-2-4-8(11)5-3-7/h2-6H,1H3. The predicted octanol–water partition coefficient (Wildman–Crippen LogP) is 3.00. The second kappa shape index (κ2) is 3.72. The Kier molecular flexibility index (Phi) is 2.41. The summed E-state index contributed by atoms with van der Waals surface area (Å²) in [7, 11) is 1.51. The largest absolute Gasteiger partial charge is 0.454 e. The molecule has 0 bridgehead atoms. The summed E-state index contributed by atoms with van der Waals surface area (Å²) in [6.45, 7) is 0. The van der Waals surface area contributed by atoms with Crippen LogP contribution in [0.15, 0.2) is 34.9 Å². The molecule has 0 spiro atoms. The van der Waals surface area contributed by atoms with Gasteiger partial charge in [0.25, 0.3) is 0 Å². The molecule has 0 N–H and O–H groups in total. The molecule has 0 aliphatic rings. The highest BCUT2D eigenvalue weighted by Gasteiger charge is 2.05. The Bertz CT molecular complexity index is 422. The van der Waals surface area contributed by atoms with Gasteiger partial charge in [-0.3, -0.25) is 0 Å². The third kappa shape index (κ3) is 1.72. The molecule has 1 aromatic heterocycles. The molecule has 14 heavy (non-hydrogen) atoms. The summed E-state index contributed by atoms with van der Waals surface area (Å²) < 4.78 is 10.1. The number of hydrogen-bond donors (Lipinski definition) is 0. The highest BCUT2D eigenvalue weighted by atomic mass is 35.5. The number of rotatable bonds is 2. The van der Waals surface area contributed by atoms with E-state index in [4.69, 9.17) is 20.8 Å². The topological polar surface area (TPSA) is 35.3 Å². The van der Waals surface area contributed by atoms with Crippen molar-refractivity contribution in [1.82, 2.24) is 4.98 Å². The van der Waals surface area contributed by atoms with E-state index in [-0.39, 0.29) is 6.08 Å². The molecule has 0 aliphatic carbocycles. The summed E-state index contributed by atoms with van der Waals surface area (Å²) in [6.07, 6.45) is 1.87. The second-order valence-corrected chi connectivity index (χ2v) is 3.14. The van der Waals surface area contributed by atoms with Gasteiger partial charge in [0, 0.05) is 10.6 Å². The average molecular weight is 210 g/mol. The zero-order chi connectivity index (χ0) is 9.97. The molecule has 2 aromatic rings. The van der Waals surface area contributed by atoms with Crippen molar-refractivity contribution < 1.29 is 9.15 Å². The van der Waals surface area contributed by atoms with Gasteiger partial charge < -0.3 is 9.15 Å². The molecule has 0 fully saturated rings. The maximum atomic E-state index is 5.76. The van der Waals surface area contributed by atoms with E-state index in [9.17, 15) is 0 Å². The van der Waals surface area contributed by atoms with Crippen molar-refractivity contribution in [2.75, 3.05) is 7.11 Å². The van der Waals surface area contributed by atoms with Crippen molar-refractivity contribution in [1.29, 1.82) is 0 Å². The number of halogens is 1. The molecule has 2 rings (SSSR count). The highest BCUT2D eigenvalue weighted by Crippen LogP contribution is 2.24. The average Bonchev–Trinajstić information content (AvgIpc) is 2.67. The van der Waals surface area contributed by atoms with E-state index in [1.165, 1.54) is 7.11 Å². The summed E-state index contributed by atoms with van der Waals surface area (Å²) in [5.41, 5.74) is 0.921. The number of ether oxygens (including phenoxy) is 1. The molecule has 1 heterocycles. The molecule has 0 unspecified atom stereocenters. The fourth-order valence-electron chi connectivity index (χ4n) is 1.10.